The van der Waals surface area contributed by atoms with E-state index in [1.165, 1.54) is 17.8 Å². The van der Waals surface area contributed by atoms with Gasteiger partial charge in [0, 0.05) is 17.1 Å². The minimum absolute atomic E-state index is 0.116. The van der Waals surface area contributed by atoms with E-state index in [4.69, 9.17) is 10.2 Å². The van der Waals surface area contributed by atoms with Gasteiger partial charge in [-0.1, -0.05) is 12.1 Å². The van der Waals surface area contributed by atoms with Gasteiger partial charge in [0.05, 0.1) is 6.54 Å². The molecule has 0 aromatic heterocycles. The van der Waals surface area contributed by atoms with Crippen molar-refractivity contribution in [3.8, 4) is 0 Å². The van der Waals surface area contributed by atoms with E-state index in [9.17, 15) is 14.0 Å². The van der Waals surface area contributed by atoms with Gasteiger partial charge in [0.15, 0.2) is 6.10 Å². The molecule has 0 spiro atoms. The summed E-state index contributed by atoms with van der Waals surface area (Å²) in [5.74, 6) is -1.74. The van der Waals surface area contributed by atoms with Crippen LogP contribution in [0.3, 0.4) is 0 Å². The Morgan fingerprint density at radius 3 is 2.68 bits per heavy atom. The van der Waals surface area contributed by atoms with Gasteiger partial charge in [0.25, 0.3) is 0 Å². The van der Waals surface area contributed by atoms with Crippen LogP contribution in [0.5, 0.6) is 0 Å². The number of carboxylic acids is 1. The summed E-state index contributed by atoms with van der Waals surface area (Å²) in [7, 11) is 0. The van der Waals surface area contributed by atoms with Crippen molar-refractivity contribution < 1.29 is 24.2 Å². The highest BCUT2D eigenvalue weighted by Crippen LogP contribution is 2.21. The van der Waals surface area contributed by atoms with Crippen LogP contribution >= 0.6 is 11.8 Å². The van der Waals surface area contributed by atoms with Gasteiger partial charge in [0.2, 0.25) is 5.91 Å². The Balaban J connectivity index is 2.24. The number of hydrogen-bond acceptors (Lipinski definition) is 4. The van der Waals surface area contributed by atoms with E-state index < -0.39 is 12.1 Å². The van der Waals surface area contributed by atoms with Crippen LogP contribution in [0.15, 0.2) is 29.2 Å². The van der Waals surface area contributed by atoms with E-state index in [1.807, 2.05) is 0 Å². The Kier molecular flexibility index (Phi) is 6.31. The maximum atomic E-state index is 13.2. The number of benzene rings is 1. The largest absolute Gasteiger partial charge is 0.479 e. The third-order valence-electron chi connectivity index (χ3n) is 2.20. The number of hydrogen-bond donors (Lipinski definition) is 3. The monoisotopic (exact) mass is 287 g/mol. The van der Waals surface area contributed by atoms with Gasteiger partial charge in [-0.2, -0.15) is 0 Å². The minimum Gasteiger partial charge on any atom is -0.479 e. The lowest BCUT2D eigenvalue weighted by molar-refractivity contribution is -0.146. The van der Waals surface area contributed by atoms with Crippen molar-refractivity contribution in [2.75, 3.05) is 12.3 Å². The second-order valence-corrected chi connectivity index (χ2v) is 4.82. The number of aliphatic carboxylic acids is 1. The third-order valence-corrected chi connectivity index (χ3v) is 3.25. The maximum absolute atomic E-state index is 13.2. The standard InChI is InChI=1S/C12H14FNO4S/c13-8-3-1-2-4-10(8)19-6-5-11(16)14-7-9(15)12(17)18/h1-4,9,15H,5-7H2,(H,14,16)(H,17,18)/t9-/m0/s1. The average Bonchev–Trinajstić information content (AvgIpc) is 2.38. The fraction of sp³-hybridized carbons (Fsp3) is 0.333. The van der Waals surface area contributed by atoms with Gasteiger partial charge in [-0.3, -0.25) is 4.79 Å². The zero-order valence-electron chi connectivity index (χ0n) is 10.0. The van der Waals surface area contributed by atoms with E-state index in [0.29, 0.717) is 10.6 Å². The third kappa shape index (κ3) is 5.71. The van der Waals surface area contributed by atoms with Crippen LogP contribution in [-0.4, -0.2) is 40.5 Å². The fourth-order valence-corrected chi connectivity index (χ4v) is 2.09. The number of rotatable bonds is 7. The molecule has 0 aliphatic rings. The van der Waals surface area contributed by atoms with Crippen molar-refractivity contribution in [2.45, 2.75) is 17.4 Å². The number of carboxylic acid groups (broad SMARTS) is 1. The van der Waals surface area contributed by atoms with E-state index in [0.717, 1.165) is 0 Å². The molecule has 0 aliphatic heterocycles. The number of amides is 1. The number of carbonyl (C=O) groups is 2. The van der Waals surface area contributed by atoms with Crippen molar-refractivity contribution >= 4 is 23.6 Å². The predicted molar refractivity (Wildman–Crippen MR) is 68.4 cm³/mol. The molecular formula is C12H14FNO4S. The van der Waals surface area contributed by atoms with Crippen LogP contribution in [0.1, 0.15) is 6.42 Å². The number of nitrogens with one attached hydrogen (secondary N) is 1. The van der Waals surface area contributed by atoms with Crippen LogP contribution < -0.4 is 5.32 Å². The first-order chi connectivity index (χ1) is 9.00. The molecule has 7 heteroatoms. The molecule has 104 valence electrons. The molecule has 3 N–H and O–H groups in total. The second-order valence-electron chi connectivity index (χ2n) is 3.69. The number of aliphatic hydroxyl groups excluding tert-OH is 1. The lowest BCUT2D eigenvalue weighted by atomic mass is 10.3. The lowest BCUT2D eigenvalue weighted by Crippen LogP contribution is -2.36. The highest BCUT2D eigenvalue weighted by molar-refractivity contribution is 7.99. The first-order valence-corrected chi connectivity index (χ1v) is 6.54. The Hall–Kier alpha value is -1.60. The molecule has 0 saturated heterocycles. The van der Waals surface area contributed by atoms with Crippen molar-refractivity contribution in [1.29, 1.82) is 0 Å². The first kappa shape index (κ1) is 15.5. The highest BCUT2D eigenvalue weighted by Gasteiger charge is 2.13. The summed E-state index contributed by atoms with van der Waals surface area (Å²) in [6.45, 7) is -0.335. The smallest absolute Gasteiger partial charge is 0.334 e. The first-order valence-electron chi connectivity index (χ1n) is 5.55. The van der Waals surface area contributed by atoms with Crippen LogP contribution in [0.25, 0.3) is 0 Å². The van der Waals surface area contributed by atoms with Crippen molar-refractivity contribution in [3.05, 3.63) is 30.1 Å². The molecule has 0 bridgehead atoms. The molecule has 0 radical (unpaired) electrons. The minimum atomic E-state index is -1.61. The molecule has 1 rings (SSSR count). The number of halogens is 1. The summed E-state index contributed by atoms with van der Waals surface area (Å²) >= 11 is 1.20. The van der Waals surface area contributed by atoms with Crippen molar-refractivity contribution in [2.24, 2.45) is 0 Å². The number of thioether (sulfide) groups is 1. The molecule has 1 aromatic rings. The number of carbonyl (C=O) groups excluding carboxylic acids is 1. The average molecular weight is 287 g/mol. The Bertz CT molecular complexity index is 455. The van der Waals surface area contributed by atoms with E-state index >= 15 is 0 Å². The quantitative estimate of drug-likeness (QED) is 0.648. The Morgan fingerprint density at radius 1 is 1.37 bits per heavy atom. The summed E-state index contributed by atoms with van der Waals surface area (Å²) in [4.78, 5) is 22.1. The van der Waals surface area contributed by atoms with E-state index in [1.54, 1.807) is 18.2 Å². The molecule has 5 nitrogen and oxygen atoms in total. The summed E-state index contributed by atoms with van der Waals surface area (Å²) in [5, 5.41) is 19.6. The Labute approximate surface area is 113 Å². The molecule has 0 saturated carbocycles. The molecule has 0 unspecified atom stereocenters. The Morgan fingerprint density at radius 2 is 2.05 bits per heavy atom. The zero-order chi connectivity index (χ0) is 14.3. The van der Waals surface area contributed by atoms with E-state index in [-0.39, 0.29) is 24.7 Å². The summed E-state index contributed by atoms with van der Waals surface area (Å²) in [5.41, 5.74) is 0. The van der Waals surface area contributed by atoms with E-state index in [2.05, 4.69) is 5.32 Å². The van der Waals surface area contributed by atoms with Gasteiger partial charge in [-0.25, -0.2) is 9.18 Å². The second kappa shape index (κ2) is 7.75. The zero-order valence-corrected chi connectivity index (χ0v) is 10.8. The number of aliphatic hydroxyl groups is 1. The normalized spacial score (nSPS) is 11.9. The molecule has 0 heterocycles. The topological polar surface area (TPSA) is 86.6 Å². The highest BCUT2D eigenvalue weighted by atomic mass is 32.2. The molecule has 1 aromatic carbocycles. The van der Waals surface area contributed by atoms with Crippen LogP contribution in [0.4, 0.5) is 4.39 Å². The summed E-state index contributed by atoms with van der Waals surface area (Å²) < 4.78 is 13.2. The molecule has 0 aliphatic carbocycles. The molecule has 1 amide bonds. The van der Waals surface area contributed by atoms with Crippen LogP contribution in [0, 0.1) is 5.82 Å². The van der Waals surface area contributed by atoms with Crippen LogP contribution in [-0.2, 0) is 9.59 Å². The SMILES string of the molecule is O=C(CCSc1ccccc1F)NC[C@H](O)C(=O)O. The maximum Gasteiger partial charge on any atom is 0.334 e. The van der Waals surface area contributed by atoms with Crippen LogP contribution in [0.2, 0.25) is 0 Å². The van der Waals surface area contributed by atoms with Gasteiger partial charge < -0.3 is 15.5 Å². The molecule has 0 fully saturated rings. The van der Waals surface area contributed by atoms with Gasteiger partial charge in [-0.05, 0) is 12.1 Å². The van der Waals surface area contributed by atoms with Gasteiger partial charge in [0.1, 0.15) is 5.82 Å². The predicted octanol–water partition coefficient (Wildman–Crippen LogP) is 0.870. The molecule has 19 heavy (non-hydrogen) atoms. The van der Waals surface area contributed by atoms with Gasteiger partial charge >= 0.3 is 5.97 Å². The van der Waals surface area contributed by atoms with Gasteiger partial charge in [-0.15, -0.1) is 11.8 Å². The van der Waals surface area contributed by atoms with Crippen molar-refractivity contribution in [3.63, 3.8) is 0 Å². The molecular weight excluding hydrogens is 273 g/mol. The fourth-order valence-electron chi connectivity index (χ4n) is 1.20. The van der Waals surface area contributed by atoms with Crippen molar-refractivity contribution in [1.82, 2.24) is 5.32 Å². The summed E-state index contributed by atoms with van der Waals surface area (Å²) in [6, 6.07) is 6.24. The summed E-state index contributed by atoms with van der Waals surface area (Å²) in [6.07, 6.45) is -1.49. The molecule has 1 atom stereocenters. The lowest BCUT2D eigenvalue weighted by Gasteiger charge is -2.07.